The molecule has 0 aromatic heterocycles. The molecule has 106 valence electrons. The molecule has 20 heavy (non-hydrogen) atoms. The summed E-state index contributed by atoms with van der Waals surface area (Å²) in [7, 11) is -1.62. The van der Waals surface area contributed by atoms with E-state index in [1.807, 2.05) is 6.07 Å². The molecule has 2 aromatic carbocycles. The number of halogens is 1. The maximum absolute atomic E-state index is 11.4. The second kappa shape index (κ2) is 5.85. The first kappa shape index (κ1) is 14.9. The Balaban J connectivity index is 2.24. The minimum absolute atomic E-state index is 0.261. The molecule has 6 heteroatoms. The SMILES string of the molecule is COc1cc(Br)cc(Oc2ccc(S(C)(=O)=O)cc2)c1. The van der Waals surface area contributed by atoms with Crippen LogP contribution in [0, 0.1) is 0 Å². The maximum Gasteiger partial charge on any atom is 0.175 e. The van der Waals surface area contributed by atoms with Crippen molar-refractivity contribution in [2.24, 2.45) is 0 Å². The lowest BCUT2D eigenvalue weighted by Crippen LogP contribution is -1.96. The van der Waals surface area contributed by atoms with E-state index in [0.29, 0.717) is 17.2 Å². The maximum atomic E-state index is 11.4. The summed E-state index contributed by atoms with van der Waals surface area (Å²) in [5.41, 5.74) is 0. The van der Waals surface area contributed by atoms with Crippen LogP contribution in [-0.2, 0) is 9.84 Å². The average molecular weight is 357 g/mol. The highest BCUT2D eigenvalue weighted by molar-refractivity contribution is 9.10. The van der Waals surface area contributed by atoms with Gasteiger partial charge in [-0.2, -0.15) is 0 Å². The number of ether oxygens (including phenoxy) is 2. The van der Waals surface area contributed by atoms with E-state index in [4.69, 9.17) is 9.47 Å². The fourth-order valence-electron chi connectivity index (χ4n) is 1.60. The Labute approximate surface area is 126 Å². The van der Waals surface area contributed by atoms with E-state index >= 15 is 0 Å². The number of rotatable bonds is 4. The Hall–Kier alpha value is -1.53. The van der Waals surface area contributed by atoms with Gasteiger partial charge in [0, 0.05) is 16.8 Å². The zero-order valence-electron chi connectivity index (χ0n) is 11.0. The largest absolute Gasteiger partial charge is 0.497 e. The number of hydrogen-bond donors (Lipinski definition) is 0. The monoisotopic (exact) mass is 356 g/mol. The molecule has 2 aromatic rings. The molecule has 0 atom stereocenters. The minimum Gasteiger partial charge on any atom is -0.497 e. The predicted molar refractivity (Wildman–Crippen MR) is 80.3 cm³/mol. The van der Waals surface area contributed by atoms with Gasteiger partial charge in [0.05, 0.1) is 12.0 Å². The molecule has 0 saturated carbocycles. The van der Waals surface area contributed by atoms with Gasteiger partial charge >= 0.3 is 0 Å². The van der Waals surface area contributed by atoms with E-state index in [-0.39, 0.29) is 4.90 Å². The molecule has 0 radical (unpaired) electrons. The highest BCUT2D eigenvalue weighted by atomic mass is 79.9. The van der Waals surface area contributed by atoms with Gasteiger partial charge in [-0.25, -0.2) is 8.42 Å². The summed E-state index contributed by atoms with van der Waals surface area (Å²) in [5, 5.41) is 0. The molecule has 0 fully saturated rings. The Kier molecular flexibility index (Phi) is 4.35. The first-order chi connectivity index (χ1) is 9.38. The number of methoxy groups -OCH3 is 1. The van der Waals surface area contributed by atoms with Crippen LogP contribution in [0.1, 0.15) is 0 Å². The van der Waals surface area contributed by atoms with Crippen LogP contribution in [0.2, 0.25) is 0 Å². The zero-order valence-corrected chi connectivity index (χ0v) is 13.4. The van der Waals surface area contributed by atoms with Gasteiger partial charge in [0.1, 0.15) is 17.2 Å². The molecule has 0 heterocycles. The van der Waals surface area contributed by atoms with E-state index in [0.717, 1.165) is 4.47 Å². The number of benzene rings is 2. The molecule has 2 rings (SSSR count). The number of sulfone groups is 1. The van der Waals surface area contributed by atoms with E-state index in [1.54, 1.807) is 31.4 Å². The van der Waals surface area contributed by atoms with Crippen LogP contribution in [0.3, 0.4) is 0 Å². The summed E-state index contributed by atoms with van der Waals surface area (Å²) in [4.78, 5) is 0.261. The molecule has 0 bridgehead atoms. The molecule has 0 spiro atoms. The van der Waals surface area contributed by atoms with Gasteiger partial charge < -0.3 is 9.47 Å². The highest BCUT2D eigenvalue weighted by Gasteiger charge is 2.07. The Morgan fingerprint density at radius 3 is 2.10 bits per heavy atom. The standard InChI is InChI=1S/C14H13BrO4S/c1-18-12-7-10(15)8-13(9-12)19-11-3-5-14(6-4-11)20(2,16)17/h3-9H,1-2H3. The first-order valence-corrected chi connectivity index (χ1v) is 8.39. The van der Waals surface area contributed by atoms with Gasteiger partial charge in [0.15, 0.2) is 9.84 Å². The smallest absolute Gasteiger partial charge is 0.175 e. The quantitative estimate of drug-likeness (QED) is 0.838. The molecule has 0 amide bonds. The van der Waals surface area contributed by atoms with Crippen LogP contribution in [0.15, 0.2) is 51.8 Å². The van der Waals surface area contributed by atoms with Gasteiger partial charge in [-0.3, -0.25) is 0 Å². The third kappa shape index (κ3) is 3.74. The second-order valence-corrected chi connectivity index (χ2v) is 7.10. The Morgan fingerprint density at radius 2 is 1.55 bits per heavy atom. The van der Waals surface area contributed by atoms with Crippen LogP contribution in [0.4, 0.5) is 0 Å². The summed E-state index contributed by atoms with van der Waals surface area (Å²) >= 11 is 3.37. The van der Waals surface area contributed by atoms with E-state index in [9.17, 15) is 8.42 Å². The Morgan fingerprint density at radius 1 is 0.950 bits per heavy atom. The average Bonchev–Trinajstić information content (AvgIpc) is 2.37. The molecular formula is C14H13BrO4S. The summed E-state index contributed by atoms with van der Waals surface area (Å²) in [6, 6.07) is 11.6. The Bertz CT molecular complexity index is 708. The van der Waals surface area contributed by atoms with Crippen LogP contribution >= 0.6 is 15.9 Å². The van der Waals surface area contributed by atoms with Crippen LogP contribution in [0.25, 0.3) is 0 Å². The van der Waals surface area contributed by atoms with E-state index in [2.05, 4.69) is 15.9 Å². The fourth-order valence-corrected chi connectivity index (χ4v) is 2.69. The number of hydrogen-bond acceptors (Lipinski definition) is 4. The summed E-state index contributed by atoms with van der Waals surface area (Å²) in [5.74, 6) is 1.82. The summed E-state index contributed by atoms with van der Waals surface area (Å²) in [6.45, 7) is 0. The van der Waals surface area contributed by atoms with Crippen molar-refractivity contribution in [3.8, 4) is 17.2 Å². The van der Waals surface area contributed by atoms with Gasteiger partial charge in [-0.15, -0.1) is 0 Å². The lowest BCUT2D eigenvalue weighted by molar-refractivity contribution is 0.408. The van der Waals surface area contributed by atoms with Crippen molar-refractivity contribution < 1.29 is 17.9 Å². The third-order valence-electron chi connectivity index (χ3n) is 2.57. The molecule has 0 aliphatic heterocycles. The molecule has 0 N–H and O–H groups in total. The molecule has 0 saturated heterocycles. The lowest BCUT2D eigenvalue weighted by Gasteiger charge is -2.08. The van der Waals surface area contributed by atoms with Gasteiger partial charge in [0.25, 0.3) is 0 Å². The van der Waals surface area contributed by atoms with Crippen molar-refractivity contribution in [2.75, 3.05) is 13.4 Å². The summed E-state index contributed by atoms with van der Waals surface area (Å²) in [6.07, 6.45) is 1.17. The van der Waals surface area contributed by atoms with E-state index in [1.165, 1.54) is 18.4 Å². The topological polar surface area (TPSA) is 52.6 Å². The zero-order chi connectivity index (χ0) is 14.8. The second-order valence-electron chi connectivity index (χ2n) is 4.17. The molecule has 4 nitrogen and oxygen atoms in total. The van der Waals surface area contributed by atoms with Crippen molar-refractivity contribution in [3.63, 3.8) is 0 Å². The van der Waals surface area contributed by atoms with E-state index < -0.39 is 9.84 Å². The van der Waals surface area contributed by atoms with Crippen molar-refractivity contribution in [1.82, 2.24) is 0 Å². The molecule has 0 unspecified atom stereocenters. The fraction of sp³-hybridized carbons (Fsp3) is 0.143. The van der Waals surface area contributed by atoms with Crippen LogP contribution in [0.5, 0.6) is 17.2 Å². The molecular weight excluding hydrogens is 344 g/mol. The first-order valence-electron chi connectivity index (χ1n) is 5.71. The minimum atomic E-state index is -3.19. The summed E-state index contributed by atoms with van der Waals surface area (Å²) < 4.78 is 34.4. The van der Waals surface area contributed by atoms with Crippen molar-refractivity contribution >= 4 is 25.8 Å². The van der Waals surface area contributed by atoms with Crippen molar-refractivity contribution in [3.05, 3.63) is 46.9 Å². The third-order valence-corrected chi connectivity index (χ3v) is 4.15. The van der Waals surface area contributed by atoms with Crippen LogP contribution in [-0.4, -0.2) is 21.8 Å². The predicted octanol–water partition coefficient (Wildman–Crippen LogP) is 3.65. The highest BCUT2D eigenvalue weighted by Crippen LogP contribution is 2.30. The van der Waals surface area contributed by atoms with Gasteiger partial charge in [-0.1, -0.05) is 15.9 Å². The normalized spacial score (nSPS) is 11.2. The van der Waals surface area contributed by atoms with Gasteiger partial charge in [0.2, 0.25) is 0 Å². The molecule has 0 aliphatic carbocycles. The van der Waals surface area contributed by atoms with Crippen molar-refractivity contribution in [2.45, 2.75) is 4.90 Å². The van der Waals surface area contributed by atoms with Gasteiger partial charge in [-0.05, 0) is 36.4 Å². The molecule has 0 aliphatic rings. The van der Waals surface area contributed by atoms with Crippen LogP contribution < -0.4 is 9.47 Å². The lowest BCUT2D eigenvalue weighted by atomic mass is 10.3. The van der Waals surface area contributed by atoms with Crippen molar-refractivity contribution in [1.29, 1.82) is 0 Å².